The predicted octanol–water partition coefficient (Wildman–Crippen LogP) is 2.08. The second kappa shape index (κ2) is 7.24. The van der Waals surface area contributed by atoms with Gasteiger partial charge in [0.1, 0.15) is 11.5 Å². The Bertz CT molecular complexity index is 544. The van der Waals surface area contributed by atoms with Crippen LogP contribution in [0, 0.1) is 19.3 Å². The molecule has 1 aromatic rings. The molecule has 5 nitrogen and oxygen atoms in total. The van der Waals surface area contributed by atoms with E-state index in [-0.39, 0.29) is 18.3 Å². The summed E-state index contributed by atoms with van der Waals surface area (Å²) in [4.78, 5) is 17.1. The quantitative estimate of drug-likeness (QED) is 0.914. The fraction of sp³-hybridized carbons (Fsp3) is 0.706. The number of nitrogens with zero attached hydrogens (tertiary/aromatic N) is 2. The van der Waals surface area contributed by atoms with Gasteiger partial charge in [-0.05, 0) is 38.3 Å². The molecular formula is C17H28ClN3O2. The first-order valence-electron chi connectivity index (χ1n) is 8.26. The number of furan rings is 1. The van der Waals surface area contributed by atoms with E-state index in [1.54, 1.807) is 0 Å². The van der Waals surface area contributed by atoms with Gasteiger partial charge < -0.3 is 14.6 Å². The Balaban J connectivity index is 0.00000192. The summed E-state index contributed by atoms with van der Waals surface area (Å²) in [5.41, 5.74) is 1.11. The number of nitrogens with one attached hydrogen (secondary N) is 1. The van der Waals surface area contributed by atoms with Gasteiger partial charge in [0.25, 0.3) is 5.91 Å². The summed E-state index contributed by atoms with van der Waals surface area (Å²) in [7, 11) is 0. The van der Waals surface area contributed by atoms with Crippen molar-refractivity contribution in [3.8, 4) is 0 Å². The summed E-state index contributed by atoms with van der Waals surface area (Å²) in [6.07, 6.45) is 1.25. The van der Waals surface area contributed by atoms with E-state index in [4.69, 9.17) is 4.42 Å². The number of rotatable bonds is 3. The number of amides is 1. The molecule has 1 amide bonds. The number of piperazine rings is 1. The van der Waals surface area contributed by atoms with Gasteiger partial charge in [-0.3, -0.25) is 9.69 Å². The monoisotopic (exact) mass is 341 g/mol. The molecule has 1 N–H and O–H groups in total. The highest BCUT2D eigenvalue weighted by Crippen LogP contribution is 2.26. The van der Waals surface area contributed by atoms with Crippen LogP contribution in [0.1, 0.15) is 35.2 Å². The summed E-state index contributed by atoms with van der Waals surface area (Å²) in [6, 6.07) is 1.86. The molecule has 0 bridgehead atoms. The maximum Gasteiger partial charge on any atom is 0.257 e. The van der Waals surface area contributed by atoms with Crippen LogP contribution in [0.25, 0.3) is 0 Å². The molecule has 130 valence electrons. The maximum atomic E-state index is 12.6. The van der Waals surface area contributed by atoms with Gasteiger partial charge in [-0.15, -0.1) is 12.4 Å². The Hall–Kier alpha value is -1.04. The Labute approximate surface area is 144 Å². The molecule has 0 saturated carbocycles. The molecule has 3 heterocycles. The average molecular weight is 342 g/mol. The summed E-state index contributed by atoms with van der Waals surface area (Å²) < 4.78 is 5.48. The van der Waals surface area contributed by atoms with Crippen LogP contribution in [0.15, 0.2) is 10.5 Å². The third-order valence-electron chi connectivity index (χ3n) is 4.99. The molecular weight excluding hydrogens is 314 g/mol. The number of aryl methyl sites for hydroxylation is 2. The number of carbonyl (C=O) groups is 1. The second-order valence-electron chi connectivity index (χ2n) is 7.13. The fourth-order valence-electron chi connectivity index (χ4n) is 3.67. The van der Waals surface area contributed by atoms with E-state index >= 15 is 0 Å². The first-order valence-corrected chi connectivity index (χ1v) is 8.26. The van der Waals surface area contributed by atoms with E-state index in [1.165, 1.54) is 6.42 Å². The van der Waals surface area contributed by atoms with Gasteiger partial charge in [0.2, 0.25) is 0 Å². The molecule has 0 spiro atoms. The lowest BCUT2D eigenvalue weighted by atomic mass is 9.89. The normalized spacial score (nSPS) is 25.4. The van der Waals surface area contributed by atoms with E-state index in [0.717, 1.165) is 62.9 Å². The molecule has 6 heteroatoms. The Morgan fingerprint density at radius 2 is 2.00 bits per heavy atom. The van der Waals surface area contributed by atoms with Crippen molar-refractivity contribution in [1.82, 2.24) is 15.1 Å². The minimum absolute atomic E-state index is 0. The third kappa shape index (κ3) is 4.08. The van der Waals surface area contributed by atoms with Crippen LogP contribution in [-0.2, 0) is 0 Å². The second-order valence-corrected chi connectivity index (χ2v) is 7.13. The van der Waals surface area contributed by atoms with Gasteiger partial charge in [-0.1, -0.05) is 6.92 Å². The molecule has 0 aliphatic carbocycles. The minimum Gasteiger partial charge on any atom is -0.466 e. The molecule has 0 aromatic carbocycles. The highest BCUT2D eigenvalue weighted by molar-refractivity contribution is 5.95. The minimum atomic E-state index is 0. The van der Waals surface area contributed by atoms with Gasteiger partial charge in [0.15, 0.2) is 0 Å². The lowest BCUT2D eigenvalue weighted by Gasteiger charge is -2.38. The molecule has 1 aromatic heterocycles. The van der Waals surface area contributed by atoms with Crippen LogP contribution in [0.2, 0.25) is 0 Å². The highest BCUT2D eigenvalue weighted by Gasteiger charge is 2.32. The van der Waals surface area contributed by atoms with Gasteiger partial charge in [-0.2, -0.15) is 0 Å². The molecule has 0 radical (unpaired) electrons. The molecule has 2 saturated heterocycles. The molecule has 3 rings (SSSR count). The molecule has 2 fully saturated rings. The SMILES string of the molecule is Cc1cc(C(=O)N2CCN(CC3(C)CCNC3)CC2)c(C)o1.Cl. The summed E-state index contributed by atoms with van der Waals surface area (Å²) >= 11 is 0. The van der Waals surface area contributed by atoms with Gasteiger partial charge >= 0.3 is 0 Å². The van der Waals surface area contributed by atoms with Crippen molar-refractivity contribution in [3.05, 3.63) is 23.2 Å². The van der Waals surface area contributed by atoms with Crippen molar-refractivity contribution in [3.63, 3.8) is 0 Å². The topological polar surface area (TPSA) is 48.7 Å². The Kier molecular flexibility index (Phi) is 5.76. The van der Waals surface area contributed by atoms with Crippen LogP contribution >= 0.6 is 12.4 Å². The van der Waals surface area contributed by atoms with Crippen molar-refractivity contribution in [2.24, 2.45) is 5.41 Å². The Morgan fingerprint density at radius 1 is 1.30 bits per heavy atom. The number of halogens is 1. The number of hydrogen-bond donors (Lipinski definition) is 1. The van der Waals surface area contributed by atoms with Crippen molar-refractivity contribution >= 4 is 18.3 Å². The lowest BCUT2D eigenvalue weighted by Crippen LogP contribution is -2.51. The van der Waals surface area contributed by atoms with Gasteiger partial charge in [0.05, 0.1) is 5.56 Å². The zero-order chi connectivity index (χ0) is 15.7. The molecule has 2 aliphatic heterocycles. The molecule has 2 aliphatic rings. The van der Waals surface area contributed by atoms with E-state index < -0.39 is 0 Å². The van der Waals surface area contributed by atoms with Crippen molar-refractivity contribution < 1.29 is 9.21 Å². The smallest absolute Gasteiger partial charge is 0.257 e. The molecule has 23 heavy (non-hydrogen) atoms. The average Bonchev–Trinajstić information content (AvgIpc) is 3.05. The van der Waals surface area contributed by atoms with E-state index in [1.807, 2.05) is 24.8 Å². The summed E-state index contributed by atoms with van der Waals surface area (Å²) in [6.45, 7) is 13.1. The molecule has 1 unspecified atom stereocenters. The number of carbonyl (C=O) groups excluding carboxylic acids is 1. The maximum absolute atomic E-state index is 12.6. The van der Waals surface area contributed by atoms with Crippen molar-refractivity contribution in [1.29, 1.82) is 0 Å². The zero-order valence-corrected chi connectivity index (χ0v) is 15.2. The highest BCUT2D eigenvalue weighted by atomic mass is 35.5. The van der Waals surface area contributed by atoms with Gasteiger partial charge in [-0.25, -0.2) is 0 Å². The van der Waals surface area contributed by atoms with E-state index in [0.29, 0.717) is 5.41 Å². The van der Waals surface area contributed by atoms with E-state index in [2.05, 4.69) is 17.1 Å². The predicted molar refractivity (Wildman–Crippen MR) is 93.4 cm³/mol. The van der Waals surface area contributed by atoms with Crippen LogP contribution in [0.3, 0.4) is 0 Å². The van der Waals surface area contributed by atoms with Crippen LogP contribution in [0.5, 0.6) is 0 Å². The lowest BCUT2D eigenvalue weighted by molar-refractivity contribution is 0.0580. The fourth-order valence-corrected chi connectivity index (χ4v) is 3.67. The Morgan fingerprint density at radius 3 is 2.52 bits per heavy atom. The van der Waals surface area contributed by atoms with Crippen LogP contribution in [0.4, 0.5) is 0 Å². The largest absolute Gasteiger partial charge is 0.466 e. The molecule has 1 atom stereocenters. The summed E-state index contributed by atoms with van der Waals surface area (Å²) in [5.74, 6) is 1.65. The third-order valence-corrected chi connectivity index (χ3v) is 4.99. The van der Waals surface area contributed by atoms with Crippen LogP contribution in [-0.4, -0.2) is 61.5 Å². The number of hydrogen-bond acceptors (Lipinski definition) is 4. The van der Waals surface area contributed by atoms with Crippen molar-refractivity contribution in [2.45, 2.75) is 27.2 Å². The first-order chi connectivity index (χ1) is 10.5. The standard InChI is InChI=1S/C17H27N3O2.ClH/c1-13-10-15(14(2)22-13)16(21)20-8-6-19(7-9-20)12-17(3)4-5-18-11-17;/h10,18H,4-9,11-12H2,1-3H3;1H. The van der Waals surface area contributed by atoms with Gasteiger partial charge in [0, 0.05) is 39.3 Å². The van der Waals surface area contributed by atoms with Crippen molar-refractivity contribution in [2.75, 3.05) is 45.8 Å². The van der Waals surface area contributed by atoms with E-state index in [9.17, 15) is 4.79 Å². The van der Waals surface area contributed by atoms with Crippen LogP contribution < -0.4 is 5.32 Å². The summed E-state index contributed by atoms with van der Waals surface area (Å²) in [5, 5.41) is 3.46. The first kappa shape index (κ1) is 18.3. The zero-order valence-electron chi connectivity index (χ0n) is 14.4.